The van der Waals surface area contributed by atoms with E-state index in [0.29, 0.717) is 32.9 Å². The summed E-state index contributed by atoms with van der Waals surface area (Å²) >= 11 is 0. The van der Waals surface area contributed by atoms with Gasteiger partial charge in [0.2, 0.25) is 5.91 Å². The number of fused-ring (bicyclic) bond motifs is 2. The van der Waals surface area contributed by atoms with Crippen molar-refractivity contribution < 1.29 is 19.0 Å². The molecule has 0 aliphatic carbocycles. The highest BCUT2D eigenvalue weighted by molar-refractivity contribution is 5.82. The van der Waals surface area contributed by atoms with Crippen LogP contribution < -0.4 is 14.8 Å². The number of nitrogens with zero attached hydrogens (tertiary/aromatic N) is 1. The summed E-state index contributed by atoms with van der Waals surface area (Å²) in [5.41, 5.74) is 4.40. The van der Waals surface area contributed by atoms with Crippen LogP contribution in [0.1, 0.15) is 24.0 Å². The third-order valence-electron chi connectivity index (χ3n) is 5.80. The Morgan fingerprint density at radius 2 is 2.03 bits per heavy atom. The Kier molecular flexibility index (Phi) is 6.55. The third-order valence-corrected chi connectivity index (χ3v) is 5.80. The molecule has 160 valence electrons. The number of ether oxygens (including phenoxy) is 3. The van der Waals surface area contributed by atoms with E-state index < -0.39 is 0 Å². The van der Waals surface area contributed by atoms with Crippen LogP contribution in [0, 0.1) is 6.92 Å². The number of hydrogen-bond acceptors (Lipinski definition) is 5. The van der Waals surface area contributed by atoms with Gasteiger partial charge in [0.25, 0.3) is 0 Å². The normalized spacial score (nSPS) is 20.6. The molecule has 4 rings (SSSR count). The van der Waals surface area contributed by atoms with Crippen molar-refractivity contribution in [3.05, 3.63) is 47.5 Å². The third kappa shape index (κ3) is 4.60. The van der Waals surface area contributed by atoms with E-state index in [-0.39, 0.29) is 11.9 Å². The number of aryl methyl sites for hydroxylation is 1. The minimum atomic E-state index is -0.101. The van der Waals surface area contributed by atoms with Gasteiger partial charge in [0.1, 0.15) is 18.1 Å². The van der Waals surface area contributed by atoms with E-state index in [1.165, 1.54) is 5.56 Å². The van der Waals surface area contributed by atoms with Gasteiger partial charge in [0.15, 0.2) is 0 Å². The Labute approximate surface area is 178 Å². The van der Waals surface area contributed by atoms with Crippen LogP contribution in [-0.2, 0) is 16.1 Å². The molecule has 0 bridgehead atoms. The maximum absolute atomic E-state index is 12.7. The lowest BCUT2D eigenvalue weighted by atomic mass is 9.99. The molecular weight excluding hydrogens is 380 g/mol. The number of rotatable bonds is 2. The van der Waals surface area contributed by atoms with Gasteiger partial charge in [-0.15, -0.1) is 0 Å². The van der Waals surface area contributed by atoms with Crippen LogP contribution in [-0.4, -0.2) is 56.9 Å². The molecule has 6 nitrogen and oxygen atoms in total. The number of amides is 1. The molecule has 2 aromatic rings. The summed E-state index contributed by atoms with van der Waals surface area (Å²) in [6, 6.07) is 12.4. The van der Waals surface area contributed by atoms with Gasteiger partial charge in [-0.3, -0.25) is 9.69 Å². The maximum atomic E-state index is 12.7. The van der Waals surface area contributed by atoms with E-state index in [9.17, 15) is 4.79 Å². The standard InChI is InChI=1S/C24H30N2O4/c1-17-5-7-23(28-2)20(14-17)18-6-8-22-19(15-18)16-26-10-3-4-21(26)24(27)25-9-11-29-12-13-30-22/h5-8,14-15,21H,3-4,9-13,16H2,1-2H3,(H,25,27)/t21-/m0/s1. The van der Waals surface area contributed by atoms with Gasteiger partial charge in [-0.2, -0.15) is 0 Å². The lowest BCUT2D eigenvalue weighted by Gasteiger charge is -2.25. The fraction of sp³-hybridized carbons (Fsp3) is 0.458. The molecule has 1 amide bonds. The first-order chi connectivity index (χ1) is 14.7. The first-order valence-electron chi connectivity index (χ1n) is 10.7. The van der Waals surface area contributed by atoms with Crippen LogP contribution in [0.2, 0.25) is 0 Å². The minimum absolute atomic E-state index is 0.0920. The van der Waals surface area contributed by atoms with E-state index in [2.05, 4.69) is 41.4 Å². The molecule has 2 heterocycles. The molecule has 0 saturated carbocycles. The lowest BCUT2D eigenvalue weighted by Crippen LogP contribution is -2.43. The van der Waals surface area contributed by atoms with Crippen LogP contribution in [0.5, 0.6) is 11.5 Å². The van der Waals surface area contributed by atoms with Crippen LogP contribution in [0.3, 0.4) is 0 Å². The second-order valence-electron chi connectivity index (χ2n) is 7.91. The zero-order chi connectivity index (χ0) is 20.9. The largest absolute Gasteiger partial charge is 0.496 e. The van der Waals surface area contributed by atoms with Crippen LogP contribution in [0.4, 0.5) is 0 Å². The molecule has 0 spiro atoms. The number of carbonyl (C=O) groups is 1. The molecular formula is C24H30N2O4. The maximum Gasteiger partial charge on any atom is 0.237 e. The van der Waals surface area contributed by atoms with Crippen LogP contribution in [0.25, 0.3) is 11.1 Å². The van der Waals surface area contributed by atoms with Crippen molar-refractivity contribution in [2.24, 2.45) is 0 Å². The molecule has 2 aromatic carbocycles. The Hall–Kier alpha value is -2.57. The van der Waals surface area contributed by atoms with Crippen molar-refractivity contribution in [2.45, 2.75) is 32.4 Å². The molecule has 2 aliphatic heterocycles. The zero-order valence-corrected chi connectivity index (χ0v) is 17.8. The van der Waals surface area contributed by atoms with Gasteiger partial charge in [0.05, 0.1) is 26.4 Å². The average Bonchev–Trinajstić information content (AvgIpc) is 3.21. The predicted molar refractivity (Wildman–Crippen MR) is 116 cm³/mol. The molecule has 0 unspecified atom stereocenters. The molecule has 30 heavy (non-hydrogen) atoms. The van der Waals surface area contributed by atoms with E-state index in [0.717, 1.165) is 47.6 Å². The highest BCUT2D eigenvalue weighted by Gasteiger charge is 2.31. The molecule has 1 N–H and O–H groups in total. The Bertz CT molecular complexity index is 899. The zero-order valence-electron chi connectivity index (χ0n) is 17.8. The lowest BCUT2D eigenvalue weighted by molar-refractivity contribution is -0.125. The highest BCUT2D eigenvalue weighted by atomic mass is 16.5. The Balaban J connectivity index is 1.70. The van der Waals surface area contributed by atoms with Gasteiger partial charge in [-0.25, -0.2) is 0 Å². The number of benzene rings is 2. The fourth-order valence-electron chi connectivity index (χ4n) is 4.27. The average molecular weight is 411 g/mol. The van der Waals surface area contributed by atoms with E-state index >= 15 is 0 Å². The van der Waals surface area contributed by atoms with Gasteiger partial charge in [-0.05, 0) is 56.1 Å². The van der Waals surface area contributed by atoms with E-state index in [1.54, 1.807) is 7.11 Å². The van der Waals surface area contributed by atoms with Crippen molar-refractivity contribution >= 4 is 5.91 Å². The molecule has 6 heteroatoms. The van der Waals surface area contributed by atoms with Crippen molar-refractivity contribution in [1.29, 1.82) is 0 Å². The molecule has 1 saturated heterocycles. The summed E-state index contributed by atoms with van der Waals surface area (Å²) in [6.45, 7) is 5.68. The van der Waals surface area contributed by atoms with Crippen molar-refractivity contribution in [3.8, 4) is 22.6 Å². The summed E-state index contributed by atoms with van der Waals surface area (Å²) in [4.78, 5) is 14.9. The number of methoxy groups -OCH3 is 1. The summed E-state index contributed by atoms with van der Waals surface area (Å²) in [6.07, 6.45) is 1.91. The Morgan fingerprint density at radius 1 is 1.13 bits per heavy atom. The van der Waals surface area contributed by atoms with E-state index in [4.69, 9.17) is 14.2 Å². The highest BCUT2D eigenvalue weighted by Crippen LogP contribution is 2.35. The van der Waals surface area contributed by atoms with Gasteiger partial charge < -0.3 is 19.5 Å². The monoisotopic (exact) mass is 410 g/mol. The van der Waals surface area contributed by atoms with E-state index in [1.807, 2.05) is 12.1 Å². The summed E-state index contributed by atoms with van der Waals surface area (Å²) in [5.74, 6) is 1.78. The van der Waals surface area contributed by atoms with Crippen molar-refractivity contribution in [2.75, 3.05) is 40.0 Å². The molecule has 0 radical (unpaired) electrons. The van der Waals surface area contributed by atoms with Crippen molar-refractivity contribution in [1.82, 2.24) is 10.2 Å². The van der Waals surface area contributed by atoms with Crippen LogP contribution in [0.15, 0.2) is 36.4 Å². The molecule has 1 atom stereocenters. The summed E-state index contributed by atoms with van der Waals surface area (Å²) < 4.78 is 17.2. The fourth-order valence-corrected chi connectivity index (χ4v) is 4.27. The second kappa shape index (κ2) is 9.49. The molecule has 1 fully saturated rings. The number of hydrogen-bond donors (Lipinski definition) is 1. The topological polar surface area (TPSA) is 60.0 Å². The predicted octanol–water partition coefficient (Wildman–Crippen LogP) is 3.16. The first kappa shape index (κ1) is 20.7. The Morgan fingerprint density at radius 3 is 2.90 bits per heavy atom. The first-order valence-corrected chi connectivity index (χ1v) is 10.7. The second-order valence-corrected chi connectivity index (χ2v) is 7.91. The number of carbonyl (C=O) groups excluding carboxylic acids is 1. The summed E-state index contributed by atoms with van der Waals surface area (Å²) in [5, 5.41) is 3.01. The molecule has 0 aromatic heterocycles. The van der Waals surface area contributed by atoms with Gasteiger partial charge >= 0.3 is 0 Å². The molecule has 2 aliphatic rings. The SMILES string of the molecule is COc1ccc(C)cc1-c1ccc2c(c1)CN1CCC[C@H]1C(=O)NCCOCCO2. The van der Waals surface area contributed by atoms with Crippen LogP contribution >= 0.6 is 0 Å². The van der Waals surface area contributed by atoms with Gasteiger partial charge in [0, 0.05) is 24.2 Å². The minimum Gasteiger partial charge on any atom is -0.496 e. The van der Waals surface area contributed by atoms with Crippen molar-refractivity contribution in [3.63, 3.8) is 0 Å². The smallest absolute Gasteiger partial charge is 0.237 e. The number of nitrogens with one attached hydrogen (secondary N) is 1. The van der Waals surface area contributed by atoms with Gasteiger partial charge in [-0.1, -0.05) is 17.7 Å². The quantitative estimate of drug-likeness (QED) is 0.824. The summed E-state index contributed by atoms with van der Waals surface area (Å²) in [7, 11) is 1.70.